The highest BCUT2D eigenvalue weighted by molar-refractivity contribution is 5.91. The van der Waals surface area contributed by atoms with Crippen LogP contribution < -0.4 is 0 Å². The number of Topliss-reactive ketones (excluding diaryl/α,β-unsaturated/α-hetero) is 1. The van der Waals surface area contributed by atoms with Crippen LogP contribution in [0.5, 0.6) is 0 Å². The van der Waals surface area contributed by atoms with E-state index in [2.05, 4.69) is 13.8 Å². The van der Waals surface area contributed by atoms with Crippen LogP contribution in [-0.4, -0.2) is 5.78 Å². The van der Waals surface area contributed by atoms with Gasteiger partial charge in [0, 0.05) is 11.8 Å². The van der Waals surface area contributed by atoms with Gasteiger partial charge in [-0.15, -0.1) is 0 Å². The quantitative estimate of drug-likeness (QED) is 0.271. The molecule has 0 bridgehead atoms. The molecule has 1 nitrogen and oxygen atoms in total. The molecule has 0 amide bonds. The number of halogens is 2. The van der Waals surface area contributed by atoms with Gasteiger partial charge < -0.3 is 0 Å². The van der Waals surface area contributed by atoms with Gasteiger partial charge in [0.05, 0.1) is 0 Å². The van der Waals surface area contributed by atoms with Crippen LogP contribution in [0, 0.1) is 35.3 Å². The number of carbonyl (C=O) groups is 1. The summed E-state index contributed by atoms with van der Waals surface area (Å²) in [5.41, 5.74) is 1.87. The topological polar surface area (TPSA) is 17.1 Å². The number of hydrogen-bond acceptors (Lipinski definition) is 1. The number of hydrogen-bond donors (Lipinski definition) is 0. The maximum absolute atomic E-state index is 14.5. The van der Waals surface area contributed by atoms with Crippen molar-refractivity contribution in [3.05, 3.63) is 71.3 Å². The van der Waals surface area contributed by atoms with Gasteiger partial charge in [-0.25, -0.2) is 8.78 Å². The largest absolute Gasteiger partial charge is 0.298 e. The van der Waals surface area contributed by atoms with Crippen molar-refractivity contribution in [2.75, 3.05) is 0 Å². The lowest BCUT2D eigenvalue weighted by Gasteiger charge is -2.34. The van der Waals surface area contributed by atoms with Gasteiger partial charge in [0.2, 0.25) is 0 Å². The van der Waals surface area contributed by atoms with Crippen LogP contribution in [0.15, 0.2) is 48.5 Å². The minimum Gasteiger partial charge on any atom is -0.298 e. The van der Waals surface area contributed by atoms with Crippen LogP contribution in [0.1, 0.15) is 127 Å². The van der Waals surface area contributed by atoms with Gasteiger partial charge in [-0.1, -0.05) is 115 Å². The molecule has 0 saturated heterocycles. The minimum atomic E-state index is -0.265. The fourth-order valence-corrected chi connectivity index (χ4v) is 7.46. The van der Waals surface area contributed by atoms with E-state index < -0.39 is 0 Å². The molecule has 0 heterocycles. The molecule has 0 aliphatic heterocycles. The third-order valence-corrected chi connectivity index (χ3v) is 9.70. The Bertz CT molecular complexity index is 886. The Morgan fingerprint density at radius 3 is 1.24 bits per heavy atom. The fraction of sp³-hybridized carbons (Fsp3) is 0.629. The standard InChI is InChI=1S/C35H48F2O/c1-3-5-25-7-11-27(12-8-25)23-33(29-15-19-31(36)20-16-29)35(38)34(30-17-21-32(37)22-18-30)24-28-13-9-26(6-4-2)10-14-28/h15-22,25-28,33-34H,3-14,23-24H2,1-2H3. The van der Waals surface area contributed by atoms with Gasteiger partial charge in [0.15, 0.2) is 0 Å². The summed E-state index contributed by atoms with van der Waals surface area (Å²) in [6, 6.07) is 13.3. The van der Waals surface area contributed by atoms with Crippen molar-refractivity contribution in [3.8, 4) is 0 Å². The van der Waals surface area contributed by atoms with Crippen molar-refractivity contribution < 1.29 is 13.6 Å². The number of benzene rings is 2. The molecule has 2 atom stereocenters. The van der Waals surface area contributed by atoms with E-state index in [1.165, 1.54) is 101 Å². The summed E-state index contributed by atoms with van der Waals surface area (Å²) in [7, 11) is 0. The summed E-state index contributed by atoms with van der Waals surface area (Å²) in [5.74, 6) is 1.94. The Kier molecular flexibility index (Phi) is 11.0. The van der Waals surface area contributed by atoms with Gasteiger partial charge >= 0.3 is 0 Å². The summed E-state index contributed by atoms with van der Waals surface area (Å²) in [6.07, 6.45) is 16.5. The first-order valence-corrected chi connectivity index (χ1v) is 15.5. The Balaban J connectivity index is 1.56. The second-order valence-electron chi connectivity index (χ2n) is 12.4. The van der Waals surface area contributed by atoms with Crippen molar-refractivity contribution in [1.82, 2.24) is 0 Å². The van der Waals surface area contributed by atoms with Crippen LogP contribution in [0.2, 0.25) is 0 Å². The monoisotopic (exact) mass is 522 g/mol. The molecule has 38 heavy (non-hydrogen) atoms. The van der Waals surface area contributed by atoms with E-state index in [9.17, 15) is 13.6 Å². The zero-order chi connectivity index (χ0) is 26.9. The van der Waals surface area contributed by atoms with Gasteiger partial charge in [-0.3, -0.25) is 4.79 Å². The average Bonchev–Trinajstić information content (AvgIpc) is 2.93. The SMILES string of the molecule is CCCC1CCC(CC(C(=O)C(CC2CCC(CCC)CC2)c2ccc(F)cc2)c2ccc(F)cc2)CC1. The van der Waals surface area contributed by atoms with Gasteiger partial charge in [0.1, 0.15) is 17.4 Å². The lowest BCUT2D eigenvalue weighted by atomic mass is 9.70. The molecule has 2 unspecified atom stereocenters. The van der Waals surface area contributed by atoms with E-state index >= 15 is 0 Å². The van der Waals surface area contributed by atoms with Crippen molar-refractivity contribution in [2.45, 2.75) is 116 Å². The van der Waals surface area contributed by atoms with Gasteiger partial charge in [-0.2, -0.15) is 0 Å². The first-order valence-electron chi connectivity index (χ1n) is 15.5. The molecular weight excluding hydrogens is 474 g/mol. The van der Waals surface area contributed by atoms with Crippen molar-refractivity contribution in [1.29, 1.82) is 0 Å². The van der Waals surface area contributed by atoms with Crippen LogP contribution in [0.25, 0.3) is 0 Å². The molecule has 0 spiro atoms. The molecule has 2 aromatic carbocycles. The van der Waals surface area contributed by atoms with Gasteiger partial charge in [-0.05, 0) is 71.9 Å². The molecule has 2 aliphatic rings. The van der Waals surface area contributed by atoms with Crippen molar-refractivity contribution in [3.63, 3.8) is 0 Å². The Hall–Kier alpha value is -2.03. The lowest BCUT2D eigenvalue weighted by Crippen LogP contribution is -2.27. The van der Waals surface area contributed by atoms with E-state index in [-0.39, 0.29) is 29.3 Å². The second kappa shape index (κ2) is 14.4. The normalized spacial score (nSPS) is 25.6. The molecule has 2 aliphatic carbocycles. The summed E-state index contributed by atoms with van der Waals surface area (Å²) in [6.45, 7) is 4.53. The third kappa shape index (κ3) is 7.99. The maximum Gasteiger partial charge on any atom is 0.147 e. The molecule has 208 valence electrons. The van der Waals surface area contributed by atoms with E-state index in [0.717, 1.165) is 35.8 Å². The molecule has 0 aromatic heterocycles. The second-order valence-corrected chi connectivity index (χ2v) is 12.4. The highest BCUT2D eigenvalue weighted by Crippen LogP contribution is 2.42. The number of carbonyl (C=O) groups excluding carboxylic acids is 1. The zero-order valence-electron chi connectivity index (χ0n) is 23.6. The van der Waals surface area contributed by atoms with Crippen LogP contribution in [-0.2, 0) is 4.79 Å². The van der Waals surface area contributed by atoms with Crippen molar-refractivity contribution in [2.24, 2.45) is 23.7 Å². The molecule has 0 radical (unpaired) electrons. The maximum atomic E-state index is 14.5. The number of rotatable bonds is 12. The highest BCUT2D eigenvalue weighted by atomic mass is 19.1. The highest BCUT2D eigenvalue weighted by Gasteiger charge is 2.35. The molecular formula is C35H48F2O. The molecule has 4 rings (SSSR count). The number of ketones is 1. The first kappa shape index (κ1) is 29.0. The molecule has 2 fully saturated rings. The fourth-order valence-electron chi connectivity index (χ4n) is 7.46. The Labute approximate surface area is 229 Å². The predicted molar refractivity (Wildman–Crippen MR) is 153 cm³/mol. The van der Waals surface area contributed by atoms with Crippen LogP contribution in [0.3, 0.4) is 0 Å². The predicted octanol–water partition coefficient (Wildman–Crippen LogP) is 10.4. The summed E-state index contributed by atoms with van der Waals surface area (Å²) < 4.78 is 27.7. The Morgan fingerprint density at radius 1 is 0.605 bits per heavy atom. The molecule has 2 aromatic rings. The molecule has 2 saturated carbocycles. The van der Waals surface area contributed by atoms with E-state index in [4.69, 9.17) is 0 Å². The Morgan fingerprint density at radius 2 is 0.921 bits per heavy atom. The summed E-state index contributed by atoms with van der Waals surface area (Å²) >= 11 is 0. The first-order chi connectivity index (χ1) is 18.5. The molecule has 3 heteroatoms. The zero-order valence-corrected chi connectivity index (χ0v) is 23.6. The van der Waals surface area contributed by atoms with E-state index in [1.807, 2.05) is 24.3 Å². The van der Waals surface area contributed by atoms with Crippen LogP contribution >= 0.6 is 0 Å². The van der Waals surface area contributed by atoms with Crippen molar-refractivity contribution >= 4 is 5.78 Å². The lowest BCUT2D eigenvalue weighted by molar-refractivity contribution is -0.123. The average molecular weight is 523 g/mol. The van der Waals surface area contributed by atoms with E-state index in [0.29, 0.717) is 11.8 Å². The van der Waals surface area contributed by atoms with Gasteiger partial charge in [0.25, 0.3) is 0 Å². The minimum absolute atomic E-state index is 0.241. The molecule has 0 N–H and O–H groups in total. The van der Waals surface area contributed by atoms with Crippen LogP contribution in [0.4, 0.5) is 8.78 Å². The van der Waals surface area contributed by atoms with E-state index in [1.54, 1.807) is 0 Å². The smallest absolute Gasteiger partial charge is 0.147 e. The third-order valence-electron chi connectivity index (χ3n) is 9.70. The summed E-state index contributed by atoms with van der Waals surface area (Å²) in [5, 5.41) is 0. The summed E-state index contributed by atoms with van der Waals surface area (Å²) in [4.78, 5) is 14.5.